The number of aryl methyl sites for hydroxylation is 1. The molecule has 0 spiro atoms. The molecule has 142 valence electrons. The van der Waals surface area contributed by atoms with E-state index >= 15 is 0 Å². The maximum absolute atomic E-state index is 12.8. The fourth-order valence-electron chi connectivity index (χ4n) is 3.69. The lowest BCUT2D eigenvalue weighted by Gasteiger charge is -2.33. The van der Waals surface area contributed by atoms with Gasteiger partial charge in [-0.15, -0.1) is 0 Å². The van der Waals surface area contributed by atoms with Crippen LogP contribution >= 0.6 is 0 Å². The average Bonchev–Trinajstić information content (AvgIpc) is 3.11. The normalized spacial score (nSPS) is 17.5. The van der Waals surface area contributed by atoms with Gasteiger partial charge < -0.3 is 10.2 Å². The molecule has 0 unspecified atom stereocenters. The Hall–Kier alpha value is -3.26. The van der Waals surface area contributed by atoms with Crippen molar-refractivity contribution in [1.29, 1.82) is 0 Å². The lowest BCUT2D eigenvalue weighted by atomic mass is 10.2. The second-order valence-corrected chi connectivity index (χ2v) is 7.32. The number of hydrogen-bond acceptors (Lipinski definition) is 6. The Balaban J connectivity index is 1.56. The molecule has 5 rings (SSSR count). The van der Waals surface area contributed by atoms with Gasteiger partial charge in [-0.2, -0.15) is 5.10 Å². The van der Waals surface area contributed by atoms with Crippen molar-refractivity contribution in [3.63, 3.8) is 0 Å². The molecular weight excluding hydrogens is 354 g/mol. The first-order chi connectivity index (χ1) is 13.6. The lowest BCUT2D eigenvalue weighted by molar-refractivity contribution is 0.484. The molecule has 1 atom stereocenters. The summed E-state index contributed by atoms with van der Waals surface area (Å²) >= 11 is 0. The number of aromatic nitrogens is 5. The van der Waals surface area contributed by atoms with E-state index in [9.17, 15) is 4.79 Å². The minimum atomic E-state index is -0.114. The van der Waals surface area contributed by atoms with Crippen LogP contribution in [0.5, 0.6) is 0 Å². The van der Waals surface area contributed by atoms with Gasteiger partial charge in [0.1, 0.15) is 11.3 Å². The number of piperazine rings is 1. The molecule has 1 fully saturated rings. The zero-order chi connectivity index (χ0) is 19.3. The van der Waals surface area contributed by atoms with Gasteiger partial charge in [-0.3, -0.25) is 14.2 Å². The van der Waals surface area contributed by atoms with E-state index in [0.29, 0.717) is 23.1 Å². The second kappa shape index (κ2) is 6.42. The number of hydrogen-bond donors (Lipinski definition) is 1. The molecule has 4 aromatic heterocycles. The van der Waals surface area contributed by atoms with Gasteiger partial charge in [0.2, 0.25) is 0 Å². The largest absolute Gasteiger partial charge is 0.368 e. The quantitative estimate of drug-likeness (QED) is 0.572. The van der Waals surface area contributed by atoms with Crippen molar-refractivity contribution >= 4 is 16.9 Å². The van der Waals surface area contributed by atoms with Crippen molar-refractivity contribution in [2.75, 3.05) is 24.5 Å². The zero-order valence-corrected chi connectivity index (χ0v) is 15.8. The first kappa shape index (κ1) is 16.9. The van der Waals surface area contributed by atoms with Gasteiger partial charge in [0, 0.05) is 37.9 Å². The van der Waals surface area contributed by atoms with E-state index in [1.807, 2.05) is 37.5 Å². The molecule has 28 heavy (non-hydrogen) atoms. The van der Waals surface area contributed by atoms with Crippen LogP contribution in [0.1, 0.15) is 12.6 Å². The van der Waals surface area contributed by atoms with Crippen LogP contribution in [0.3, 0.4) is 0 Å². The van der Waals surface area contributed by atoms with Gasteiger partial charge in [-0.25, -0.2) is 9.50 Å². The van der Waals surface area contributed by atoms with Gasteiger partial charge >= 0.3 is 0 Å². The topological polar surface area (TPSA) is 79.8 Å². The van der Waals surface area contributed by atoms with Crippen LogP contribution in [-0.2, 0) is 0 Å². The molecule has 5 heterocycles. The van der Waals surface area contributed by atoms with Crippen LogP contribution in [0.4, 0.5) is 5.69 Å². The predicted molar refractivity (Wildman–Crippen MR) is 108 cm³/mol. The molecule has 0 amide bonds. The molecule has 1 saturated heterocycles. The van der Waals surface area contributed by atoms with E-state index in [1.165, 1.54) is 0 Å². The standard InChI is InChI=1S/C20H21N7O/c1-13-10-25(6-5-21-13)15-3-4-19-23-17(8-20(28)26(19)12-15)18-7-16-9-22-14(2)11-27(16)24-18/h3-4,7-9,11-13,21H,5-6,10H2,1-2H3/t13-/m0/s1. The summed E-state index contributed by atoms with van der Waals surface area (Å²) in [6.45, 7) is 6.86. The smallest absolute Gasteiger partial charge is 0.258 e. The summed E-state index contributed by atoms with van der Waals surface area (Å²) in [5, 5.41) is 7.98. The molecular formula is C20H21N7O. The summed E-state index contributed by atoms with van der Waals surface area (Å²) in [5.41, 5.74) is 4.50. The monoisotopic (exact) mass is 375 g/mol. The molecule has 0 aromatic carbocycles. The first-order valence-electron chi connectivity index (χ1n) is 9.41. The Labute approximate surface area is 161 Å². The Bertz CT molecular complexity index is 1240. The van der Waals surface area contributed by atoms with Gasteiger partial charge in [0.05, 0.1) is 35.0 Å². The lowest BCUT2D eigenvalue weighted by Crippen LogP contribution is -2.49. The number of anilines is 1. The van der Waals surface area contributed by atoms with Gasteiger partial charge in [-0.05, 0) is 32.0 Å². The van der Waals surface area contributed by atoms with Crippen LogP contribution in [0.15, 0.2) is 47.7 Å². The van der Waals surface area contributed by atoms with Crippen molar-refractivity contribution < 1.29 is 0 Å². The van der Waals surface area contributed by atoms with Gasteiger partial charge in [0.15, 0.2) is 0 Å². The molecule has 0 bridgehead atoms. The number of pyridine rings is 1. The summed E-state index contributed by atoms with van der Waals surface area (Å²) in [7, 11) is 0. The predicted octanol–water partition coefficient (Wildman–Crippen LogP) is 1.51. The van der Waals surface area contributed by atoms with Crippen LogP contribution in [0, 0.1) is 6.92 Å². The fourth-order valence-corrected chi connectivity index (χ4v) is 3.69. The van der Waals surface area contributed by atoms with E-state index in [4.69, 9.17) is 0 Å². The Morgan fingerprint density at radius 3 is 2.93 bits per heavy atom. The molecule has 8 nitrogen and oxygen atoms in total. The van der Waals surface area contributed by atoms with Crippen molar-refractivity contribution in [3.8, 4) is 11.4 Å². The first-order valence-corrected chi connectivity index (χ1v) is 9.41. The molecule has 0 radical (unpaired) electrons. The maximum atomic E-state index is 12.8. The summed E-state index contributed by atoms with van der Waals surface area (Å²) < 4.78 is 3.36. The molecule has 8 heteroatoms. The Kier molecular flexibility index (Phi) is 3.87. The van der Waals surface area contributed by atoms with Crippen molar-refractivity contribution in [2.24, 2.45) is 0 Å². The summed E-state index contributed by atoms with van der Waals surface area (Å²) in [4.78, 5) is 24.0. The van der Waals surface area contributed by atoms with Crippen LogP contribution in [0.2, 0.25) is 0 Å². The van der Waals surface area contributed by atoms with Gasteiger partial charge in [-0.1, -0.05) is 0 Å². The van der Waals surface area contributed by atoms with Crippen molar-refractivity contribution in [2.45, 2.75) is 19.9 Å². The van der Waals surface area contributed by atoms with E-state index < -0.39 is 0 Å². The number of rotatable bonds is 2. The van der Waals surface area contributed by atoms with E-state index in [-0.39, 0.29) is 5.56 Å². The van der Waals surface area contributed by atoms with Crippen LogP contribution in [-0.4, -0.2) is 49.7 Å². The van der Waals surface area contributed by atoms with Crippen LogP contribution in [0.25, 0.3) is 22.6 Å². The number of nitrogens with zero attached hydrogens (tertiary/aromatic N) is 6. The van der Waals surface area contributed by atoms with Crippen molar-refractivity contribution in [1.82, 2.24) is 29.3 Å². The van der Waals surface area contributed by atoms with Crippen LogP contribution < -0.4 is 15.8 Å². The molecule has 0 saturated carbocycles. The third kappa shape index (κ3) is 2.91. The average molecular weight is 375 g/mol. The van der Waals surface area contributed by atoms with E-state index in [2.05, 4.69) is 32.2 Å². The minimum Gasteiger partial charge on any atom is -0.368 e. The molecule has 0 aliphatic carbocycles. The molecule has 1 aliphatic rings. The highest BCUT2D eigenvalue weighted by molar-refractivity contribution is 5.64. The highest BCUT2D eigenvalue weighted by Crippen LogP contribution is 2.20. The fraction of sp³-hybridized carbons (Fsp3) is 0.300. The molecule has 4 aromatic rings. The maximum Gasteiger partial charge on any atom is 0.258 e. The van der Waals surface area contributed by atoms with E-state index in [1.54, 1.807) is 21.2 Å². The SMILES string of the molecule is Cc1cn2nc(-c3cc(=O)n4cc(N5CCN[C@@H](C)C5)ccc4n3)cc2cn1. The summed E-state index contributed by atoms with van der Waals surface area (Å²) in [6.07, 6.45) is 5.50. The molecule has 1 N–H and O–H groups in total. The molecule has 1 aliphatic heterocycles. The number of fused-ring (bicyclic) bond motifs is 2. The summed E-state index contributed by atoms with van der Waals surface area (Å²) in [5.74, 6) is 0. The highest BCUT2D eigenvalue weighted by atomic mass is 16.1. The zero-order valence-electron chi connectivity index (χ0n) is 15.8. The third-order valence-electron chi connectivity index (χ3n) is 5.11. The Morgan fingerprint density at radius 2 is 2.07 bits per heavy atom. The minimum absolute atomic E-state index is 0.114. The highest BCUT2D eigenvalue weighted by Gasteiger charge is 2.17. The Morgan fingerprint density at radius 1 is 1.18 bits per heavy atom. The third-order valence-corrected chi connectivity index (χ3v) is 5.11. The number of nitrogens with one attached hydrogen (secondary N) is 1. The van der Waals surface area contributed by atoms with E-state index in [0.717, 1.165) is 36.5 Å². The van der Waals surface area contributed by atoms with Gasteiger partial charge in [0.25, 0.3) is 5.56 Å². The summed E-state index contributed by atoms with van der Waals surface area (Å²) in [6, 6.07) is 7.78. The second-order valence-electron chi connectivity index (χ2n) is 7.32. The van der Waals surface area contributed by atoms with Crippen molar-refractivity contribution in [3.05, 3.63) is 58.9 Å².